The van der Waals surface area contributed by atoms with Crippen molar-refractivity contribution >= 4 is 15.9 Å². The van der Waals surface area contributed by atoms with Crippen LogP contribution in [0.1, 0.15) is 29.2 Å². The van der Waals surface area contributed by atoms with Crippen molar-refractivity contribution in [1.29, 1.82) is 0 Å². The fraction of sp³-hybridized carbons (Fsp3) is 0.208. The first kappa shape index (κ1) is 20.2. The van der Waals surface area contributed by atoms with Gasteiger partial charge < -0.3 is 4.74 Å². The average molecular weight is 421 g/mol. The van der Waals surface area contributed by atoms with Crippen LogP contribution in [-0.2, 0) is 10.0 Å². The molecule has 1 aliphatic heterocycles. The molecule has 0 aliphatic carbocycles. The van der Waals surface area contributed by atoms with Crippen LogP contribution >= 0.6 is 0 Å². The van der Waals surface area contributed by atoms with Gasteiger partial charge in [-0.1, -0.05) is 60.2 Å². The van der Waals surface area contributed by atoms with E-state index in [0.717, 1.165) is 22.4 Å². The number of methoxy groups -OCH3 is 1. The molecule has 3 aromatic rings. The molecule has 1 unspecified atom stereocenters. The lowest BCUT2D eigenvalue weighted by atomic mass is 10.0. The molecule has 0 N–H and O–H groups in total. The number of ether oxygens (including phenoxy) is 1. The summed E-state index contributed by atoms with van der Waals surface area (Å²) in [6, 6.07) is 24.1. The maximum atomic E-state index is 13.4. The molecular formula is C24H24N2O3S. The summed E-state index contributed by atoms with van der Waals surface area (Å²) >= 11 is 0. The molecular weight excluding hydrogens is 396 g/mol. The van der Waals surface area contributed by atoms with Crippen LogP contribution < -0.4 is 4.74 Å². The van der Waals surface area contributed by atoms with E-state index in [9.17, 15) is 8.42 Å². The Hall–Kier alpha value is -3.12. The third-order valence-electron chi connectivity index (χ3n) is 5.26. The maximum absolute atomic E-state index is 13.4. The van der Waals surface area contributed by atoms with E-state index in [0.29, 0.717) is 18.8 Å². The Kier molecular flexibility index (Phi) is 5.59. The molecule has 4 rings (SSSR count). The average Bonchev–Trinajstić information content (AvgIpc) is 2.79. The highest BCUT2D eigenvalue weighted by Crippen LogP contribution is 2.31. The van der Waals surface area contributed by atoms with Crippen molar-refractivity contribution in [2.24, 2.45) is 4.99 Å². The summed E-state index contributed by atoms with van der Waals surface area (Å²) in [5.74, 6) is 1.26. The molecule has 0 amide bonds. The Bertz CT molecular complexity index is 1140. The van der Waals surface area contributed by atoms with Gasteiger partial charge in [-0.2, -0.15) is 0 Å². The highest BCUT2D eigenvalue weighted by atomic mass is 32.2. The van der Waals surface area contributed by atoms with Gasteiger partial charge in [0.2, 0.25) is 0 Å². The van der Waals surface area contributed by atoms with Crippen LogP contribution in [0.4, 0.5) is 0 Å². The number of amidine groups is 1. The molecule has 0 saturated carbocycles. The Morgan fingerprint density at radius 2 is 1.60 bits per heavy atom. The first-order valence-electron chi connectivity index (χ1n) is 9.85. The topological polar surface area (TPSA) is 59.0 Å². The van der Waals surface area contributed by atoms with Crippen LogP contribution in [0.5, 0.6) is 5.75 Å². The third-order valence-corrected chi connectivity index (χ3v) is 7.07. The minimum absolute atomic E-state index is 0.115. The SMILES string of the molecule is COc1ccc(C2CCN(S(=O)(=O)c3ccc(C)cc3)C(c3ccccc3)=N2)cc1. The van der Waals surface area contributed by atoms with Gasteiger partial charge in [-0.15, -0.1) is 0 Å². The summed E-state index contributed by atoms with van der Waals surface area (Å²) in [6.45, 7) is 2.30. The molecule has 5 nitrogen and oxygen atoms in total. The van der Waals surface area contributed by atoms with Gasteiger partial charge in [-0.05, 0) is 43.2 Å². The van der Waals surface area contributed by atoms with Crippen LogP contribution in [0.2, 0.25) is 0 Å². The van der Waals surface area contributed by atoms with Crippen molar-refractivity contribution in [3.8, 4) is 5.75 Å². The largest absolute Gasteiger partial charge is 0.497 e. The van der Waals surface area contributed by atoms with Crippen molar-refractivity contribution < 1.29 is 13.2 Å². The van der Waals surface area contributed by atoms with Crippen LogP contribution in [-0.4, -0.2) is 32.2 Å². The molecule has 0 spiro atoms. The number of hydrogen-bond donors (Lipinski definition) is 0. The van der Waals surface area contributed by atoms with Gasteiger partial charge in [-0.25, -0.2) is 12.7 Å². The van der Waals surface area contributed by atoms with Crippen LogP contribution in [0.15, 0.2) is 88.8 Å². The quantitative estimate of drug-likeness (QED) is 0.607. The fourth-order valence-electron chi connectivity index (χ4n) is 3.57. The van der Waals surface area contributed by atoms with E-state index in [1.165, 1.54) is 4.31 Å². The van der Waals surface area contributed by atoms with Gasteiger partial charge in [0.15, 0.2) is 0 Å². The number of aliphatic imine (C=N–C) groups is 1. The monoisotopic (exact) mass is 420 g/mol. The summed E-state index contributed by atoms with van der Waals surface area (Å²) in [6.07, 6.45) is 0.605. The lowest BCUT2D eigenvalue weighted by Crippen LogP contribution is -2.41. The number of hydrogen-bond acceptors (Lipinski definition) is 4. The standard InChI is InChI=1S/C24H24N2O3S/c1-18-8-14-22(15-9-18)30(27,28)26-17-16-23(19-10-12-21(29-2)13-11-19)25-24(26)20-6-4-3-5-7-20/h3-15,23H,16-17H2,1-2H3. The first-order valence-corrected chi connectivity index (χ1v) is 11.3. The van der Waals surface area contributed by atoms with Crippen LogP contribution in [0.25, 0.3) is 0 Å². The summed E-state index contributed by atoms with van der Waals surface area (Å²) < 4.78 is 33.6. The van der Waals surface area contributed by atoms with E-state index in [2.05, 4.69) is 0 Å². The third kappa shape index (κ3) is 3.96. The summed E-state index contributed by atoms with van der Waals surface area (Å²) in [5, 5.41) is 0. The summed E-state index contributed by atoms with van der Waals surface area (Å²) in [4.78, 5) is 5.17. The van der Waals surface area contributed by atoms with E-state index in [-0.39, 0.29) is 10.9 Å². The minimum Gasteiger partial charge on any atom is -0.497 e. The Balaban J connectivity index is 1.76. The maximum Gasteiger partial charge on any atom is 0.265 e. The zero-order chi connectivity index (χ0) is 21.1. The minimum atomic E-state index is -3.71. The number of benzene rings is 3. The van der Waals surface area contributed by atoms with Crippen LogP contribution in [0.3, 0.4) is 0 Å². The van der Waals surface area contributed by atoms with Crippen molar-refractivity contribution in [2.45, 2.75) is 24.3 Å². The molecule has 30 heavy (non-hydrogen) atoms. The molecule has 1 atom stereocenters. The second kappa shape index (κ2) is 8.32. The fourth-order valence-corrected chi connectivity index (χ4v) is 5.03. The van der Waals surface area contributed by atoms with Crippen LogP contribution in [0, 0.1) is 6.92 Å². The second-order valence-electron chi connectivity index (χ2n) is 7.29. The van der Waals surface area contributed by atoms with Crippen molar-refractivity contribution in [3.05, 3.63) is 95.6 Å². The van der Waals surface area contributed by atoms with E-state index >= 15 is 0 Å². The zero-order valence-corrected chi connectivity index (χ0v) is 17.8. The zero-order valence-electron chi connectivity index (χ0n) is 17.0. The Labute approximate surface area is 177 Å². The Morgan fingerprint density at radius 3 is 2.23 bits per heavy atom. The number of rotatable bonds is 5. The summed E-state index contributed by atoms with van der Waals surface area (Å²) in [5.41, 5.74) is 2.84. The van der Waals surface area contributed by atoms with Crippen molar-refractivity contribution in [1.82, 2.24) is 4.31 Å². The molecule has 1 aliphatic rings. The van der Waals surface area contributed by atoms with E-state index in [4.69, 9.17) is 9.73 Å². The normalized spacial score (nSPS) is 16.8. The van der Waals surface area contributed by atoms with Gasteiger partial charge in [0.05, 0.1) is 18.0 Å². The van der Waals surface area contributed by atoms with E-state index in [1.54, 1.807) is 19.2 Å². The van der Waals surface area contributed by atoms with Crippen molar-refractivity contribution in [3.63, 3.8) is 0 Å². The van der Waals surface area contributed by atoms with E-state index in [1.807, 2.05) is 73.7 Å². The molecule has 0 saturated heterocycles. The molecule has 0 aromatic heterocycles. The molecule has 0 radical (unpaired) electrons. The lowest BCUT2D eigenvalue weighted by molar-refractivity contribution is 0.414. The predicted octanol–water partition coefficient (Wildman–Crippen LogP) is 4.59. The highest BCUT2D eigenvalue weighted by molar-refractivity contribution is 7.89. The molecule has 6 heteroatoms. The molecule has 3 aromatic carbocycles. The smallest absolute Gasteiger partial charge is 0.265 e. The van der Waals surface area contributed by atoms with E-state index < -0.39 is 10.0 Å². The lowest BCUT2D eigenvalue weighted by Gasteiger charge is -2.32. The van der Waals surface area contributed by atoms with Gasteiger partial charge in [-0.3, -0.25) is 4.99 Å². The first-order chi connectivity index (χ1) is 14.5. The number of aryl methyl sites for hydroxylation is 1. The van der Waals surface area contributed by atoms with Gasteiger partial charge in [0, 0.05) is 12.1 Å². The van der Waals surface area contributed by atoms with Gasteiger partial charge in [0.25, 0.3) is 10.0 Å². The predicted molar refractivity (Wildman–Crippen MR) is 118 cm³/mol. The van der Waals surface area contributed by atoms with Gasteiger partial charge >= 0.3 is 0 Å². The highest BCUT2D eigenvalue weighted by Gasteiger charge is 2.33. The van der Waals surface area contributed by atoms with Crippen molar-refractivity contribution in [2.75, 3.05) is 13.7 Å². The molecule has 154 valence electrons. The van der Waals surface area contributed by atoms with Gasteiger partial charge in [0.1, 0.15) is 11.6 Å². The molecule has 0 fully saturated rings. The second-order valence-corrected chi connectivity index (χ2v) is 9.15. The number of nitrogens with zero attached hydrogens (tertiary/aromatic N) is 2. The molecule has 0 bridgehead atoms. The Morgan fingerprint density at radius 1 is 0.933 bits per heavy atom. The number of sulfonamides is 1. The molecule has 1 heterocycles. The summed E-state index contributed by atoms with van der Waals surface area (Å²) in [7, 11) is -2.08.